The molecule has 21 heavy (non-hydrogen) atoms. The highest BCUT2D eigenvalue weighted by molar-refractivity contribution is 7.91. The van der Waals surface area contributed by atoms with Crippen molar-refractivity contribution in [1.82, 2.24) is 0 Å². The van der Waals surface area contributed by atoms with Crippen LogP contribution >= 0.6 is 0 Å². The van der Waals surface area contributed by atoms with Gasteiger partial charge in [-0.25, -0.2) is 8.42 Å². The number of rotatable bonds is 4. The van der Waals surface area contributed by atoms with Crippen molar-refractivity contribution in [1.29, 1.82) is 0 Å². The molecule has 1 aliphatic carbocycles. The lowest BCUT2D eigenvalue weighted by molar-refractivity contribution is 0.143. The number of sulfone groups is 1. The highest BCUT2D eigenvalue weighted by Crippen LogP contribution is 2.32. The van der Waals surface area contributed by atoms with Gasteiger partial charge in [-0.3, -0.25) is 0 Å². The zero-order valence-electron chi connectivity index (χ0n) is 12.9. The average Bonchev–Trinajstić information content (AvgIpc) is 2.37. The first-order valence-corrected chi connectivity index (χ1v) is 9.37. The maximum absolute atomic E-state index is 11.7. The van der Waals surface area contributed by atoms with Gasteiger partial charge in [-0.2, -0.15) is 0 Å². The third kappa shape index (κ3) is 4.20. The van der Waals surface area contributed by atoms with E-state index in [0.717, 1.165) is 30.4 Å². The summed E-state index contributed by atoms with van der Waals surface area (Å²) < 4.78 is 29.5. The average molecular weight is 312 g/mol. The van der Waals surface area contributed by atoms with Crippen LogP contribution in [0.25, 0.3) is 0 Å². The van der Waals surface area contributed by atoms with Gasteiger partial charge in [0, 0.05) is 18.2 Å². The first-order valence-electron chi connectivity index (χ1n) is 7.41. The topological polar surface area (TPSA) is 63.6 Å². The molecule has 1 fully saturated rings. The van der Waals surface area contributed by atoms with E-state index in [0.29, 0.717) is 12.2 Å². The van der Waals surface area contributed by atoms with Crippen LogP contribution in [0.15, 0.2) is 18.2 Å². The monoisotopic (exact) mass is 312 g/mol. The van der Waals surface area contributed by atoms with Gasteiger partial charge in [0.1, 0.15) is 15.6 Å². The minimum Gasteiger partial charge on any atom is -0.490 e. The second-order valence-electron chi connectivity index (χ2n) is 6.08. The van der Waals surface area contributed by atoms with Crippen LogP contribution in [-0.2, 0) is 9.84 Å². The van der Waals surface area contributed by atoms with Gasteiger partial charge in [0.15, 0.2) is 0 Å². The predicted molar refractivity (Wildman–Crippen MR) is 83.3 cm³/mol. The molecule has 0 spiro atoms. The Kier molecular flexibility index (Phi) is 4.94. The SMILES string of the molecule is Cc1ccc(C(C)O)c(OC2CCCC(S(C)(=O)=O)C2)c1. The molecule has 1 aliphatic rings. The standard InChI is InChI=1S/C16H24O4S/c1-11-7-8-15(12(2)17)16(9-11)20-13-5-4-6-14(10-13)21(3,18)19/h7-9,12-14,17H,4-6,10H2,1-3H3. The van der Waals surface area contributed by atoms with Crippen LogP contribution in [0.3, 0.4) is 0 Å². The Balaban J connectivity index is 2.16. The zero-order valence-corrected chi connectivity index (χ0v) is 13.7. The summed E-state index contributed by atoms with van der Waals surface area (Å²) in [6, 6.07) is 5.72. The molecule has 0 radical (unpaired) electrons. The molecule has 0 amide bonds. The third-order valence-electron chi connectivity index (χ3n) is 4.10. The molecule has 0 saturated heterocycles. The van der Waals surface area contributed by atoms with Crippen molar-refractivity contribution in [2.75, 3.05) is 6.26 Å². The minimum absolute atomic E-state index is 0.0993. The highest BCUT2D eigenvalue weighted by atomic mass is 32.2. The number of benzene rings is 1. The Morgan fingerprint density at radius 1 is 1.33 bits per heavy atom. The summed E-state index contributed by atoms with van der Waals surface area (Å²) in [5.41, 5.74) is 1.81. The lowest BCUT2D eigenvalue weighted by atomic mass is 9.97. The van der Waals surface area contributed by atoms with E-state index in [9.17, 15) is 13.5 Å². The summed E-state index contributed by atoms with van der Waals surface area (Å²) in [7, 11) is -3.02. The maximum atomic E-state index is 11.7. The first kappa shape index (κ1) is 16.3. The smallest absolute Gasteiger partial charge is 0.150 e. The van der Waals surface area contributed by atoms with E-state index >= 15 is 0 Å². The second kappa shape index (κ2) is 6.36. The van der Waals surface area contributed by atoms with E-state index in [1.54, 1.807) is 6.92 Å². The molecule has 0 aliphatic heterocycles. The molecule has 5 heteroatoms. The van der Waals surface area contributed by atoms with E-state index in [-0.39, 0.29) is 11.4 Å². The van der Waals surface area contributed by atoms with E-state index in [1.165, 1.54) is 6.26 Å². The summed E-state index contributed by atoms with van der Waals surface area (Å²) in [5.74, 6) is 0.671. The molecule has 0 bridgehead atoms. The molecule has 1 saturated carbocycles. The molecule has 1 N–H and O–H groups in total. The van der Waals surface area contributed by atoms with E-state index in [2.05, 4.69) is 0 Å². The van der Waals surface area contributed by atoms with E-state index in [4.69, 9.17) is 4.74 Å². The first-order chi connectivity index (χ1) is 9.77. The molecule has 3 atom stereocenters. The van der Waals surface area contributed by atoms with Crippen LogP contribution < -0.4 is 4.74 Å². The van der Waals surface area contributed by atoms with E-state index < -0.39 is 15.9 Å². The lowest BCUT2D eigenvalue weighted by Gasteiger charge is -2.29. The molecule has 1 aromatic rings. The summed E-state index contributed by atoms with van der Waals surface area (Å²) in [6.07, 6.45) is 3.57. The summed E-state index contributed by atoms with van der Waals surface area (Å²) in [5, 5.41) is 9.52. The number of aliphatic hydroxyl groups is 1. The number of aryl methyl sites for hydroxylation is 1. The molecular weight excluding hydrogens is 288 g/mol. The van der Waals surface area contributed by atoms with Gasteiger partial charge in [0.05, 0.1) is 17.5 Å². The second-order valence-corrected chi connectivity index (χ2v) is 8.40. The van der Waals surface area contributed by atoms with Crippen LogP contribution in [-0.4, -0.2) is 31.1 Å². The lowest BCUT2D eigenvalue weighted by Crippen LogP contribution is -2.33. The largest absolute Gasteiger partial charge is 0.490 e. The molecular formula is C16H24O4S. The fourth-order valence-corrected chi connectivity index (χ4v) is 4.03. The summed E-state index contributed by atoms with van der Waals surface area (Å²) in [6.45, 7) is 3.68. The molecule has 3 unspecified atom stereocenters. The van der Waals surface area contributed by atoms with Crippen LogP contribution in [0.5, 0.6) is 5.75 Å². The van der Waals surface area contributed by atoms with E-state index in [1.807, 2.05) is 25.1 Å². The van der Waals surface area contributed by atoms with Crippen molar-refractivity contribution in [2.45, 2.75) is 57.0 Å². The van der Waals surface area contributed by atoms with Crippen molar-refractivity contribution in [2.24, 2.45) is 0 Å². The molecule has 118 valence electrons. The molecule has 2 rings (SSSR count). The van der Waals surface area contributed by atoms with Gasteiger partial charge in [-0.1, -0.05) is 12.1 Å². The van der Waals surface area contributed by atoms with Crippen molar-refractivity contribution in [3.63, 3.8) is 0 Å². The van der Waals surface area contributed by atoms with Crippen LogP contribution in [0.4, 0.5) is 0 Å². The maximum Gasteiger partial charge on any atom is 0.150 e. The van der Waals surface area contributed by atoms with Crippen molar-refractivity contribution in [3.05, 3.63) is 29.3 Å². The number of hydrogen-bond donors (Lipinski definition) is 1. The predicted octanol–water partition coefficient (Wildman–Crippen LogP) is 2.78. The van der Waals surface area contributed by atoms with Crippen molar-refractivity contribution in [3.8, 4) is 5.75 Å². The van der Waals surface area contributed by atoms with Gasteiger partial charge in [0.2, 0.25) is 0 Å². The van der Waals surface area contributed by atoms with Gasteiger partial charge in [-0.15, -0.1) is 0 Å². The zero-order chi connectivity index (χ0) is 15.6. The Hall–Kier alpha value is -1.07. The summed E-state index contributed by atoms with van der Waals surface area (Å²) in [4.78, 5) is 0. The van der Waals surface area contributed by atoms with Crippen LogP contribution in [0.1, 0.15) is 49.8 Å². The van der Waals surface area contributed by atoms with Gasteiger partial charge in [0.25, 0.3) is 0 Å². The Bertz CT molecular complexity index is 592. The quantitative estimate of drug-likeness (QED) is 0.928. The van der Waals surface area contributed by atoms with Crippen molar-refractivity contribution >= 4 is 9.84 Å². The number of hydrogen-bond acceptors (Lipinski definition) is 4. The summed E-state index contributed by atoms with van der Waals surface area (Å²) >= 11 is 0. The Morgan fingerprint density at radius 3 is 2.67 bits per heavy atom. The van der Waals surface area contributed by atoms with Gasteiger partial charge >= 0.3 is 0 Å². The molecule has 0 aromatic heterocycles. The highest BCUT2D eigenvalue weighted by Gasteiger charge is 2.30. The molecule has 4 nitrogen and oxygen atoms in total. The molecule has 0 heterocycles. The minimum atomic E-state index is -3.02. The number of aliphatic hydroxyl groups excluding tert-OH is 1. The fourth-order valence-electron chi connectivity index (χ4n) is 2.87. The van der Waals surface area contributed by atoms with Gasteiger partial charge < -0.3 is 9.84 Å². The number of ether oxygens (including phenoxy) is 1. The fraction of sp³-hybridized carbons (Fsp3) is 0.625. The van der Waals surface area contributed by atoms with Gasteiger partial charge in [-0.05, 0) is 44.7 Å². The molecule has 1 aromatic carbocycles. The van der Waals surface area contributed by atoms with Crippen LogP contribution in [0.2, 0.25) is 0 Å². The van der Waals surface area contributed by atoms with Crippen LogP contribution in [0, 0.1) is 6.92 Å². The Labute approximate surface area is 127 Å². The third-order valence-corrected chi connectivity index (χ3v) is 5.74. The van der Waals surface area contributed by atoms with Crippen molar-refractivity contribution < 1.29 is 18.3 Å². The Morgan fingerprint density at radius 2 is 2.05 bits per heavy atom. The normalized spacial score (nSPS) is 24.6.